The number of aliphatic hydroxyl groups excluding tert-OH is 1. The lowest BCUT2D eigenvalue weighted by molar-refractivity contribution is -0.605. The molecule has 1 heterocycles. The van der Waals surface area contributed by atoms with Crippen LogP contribution in [0.5, 0.6) is 0 Å². The fourth-order valence-electron chi connectivity index (χ4n) is 4.20. The van der Waals surface area contributed by atoms with Gasteiger partial charge in [0, 0.05) is 31.3 Å². The zero-order valence-corrected chi connectivity index (χ0v) is 24.7. The summed E-state index contributed by atoms with van der Waals surface area (Å²) in [7, 11) is 0. The van der Waals surface area contributed by atoms with Crippen LogP contribution in [0.2, 0.25) is 0 Å². The van der Waals surface area contributed by atoms with E-state index in [1.807, 2.05) is 34.6 Å². The van der Waals surface area contributed by atoms with Crippen LogP contribution in [0.25, 0.3) is 0 Å². The van der Waals surface area contributed by atoms with Gasteiger partial charge in [0.15, 0.2) is 12.4 Å². The normalized spacial score (nSPS) is 14.9. The molecule has 0 aliphatic heterocycles. The molecule has 0 spiro atoms. The first-order valence-corrected chi connectivity index (χ1v) is 14.2. The molecule has 0 saturated heterocycles. The van der Waals surface area contributed by atoms with E-state index in [4.69, 9.17) is 0 Å². The Morgan fingerprint density at radius 3 is 2.10 bits per heavy atom. The van der Waals surface area contributed by atoms with Crippen LogP contribution in [0.1, 0.15) is 77.6 Å². The van der Waals surface area contributed by atoms with Gasteiger partial charge in [0.2, 0.25) is 17.7 Å². The second-order valence-corrected chi connectivity index (χ2v) is 10.5. The zero-order chi connectivity index (χ0) is 30.2. The van der Waals surface area contributed by atoms with Gasteiger partial charge in [-0.15, -0.1) is 0 Å². The molecule has 12 heteroatoms. The second kappa shape index (κ2) is 18.2. The van der Waals surface area contributed by atoms with Crippen molar-refractivity contribution in [2.75, 3.05) is 19.7 Å². The Balaban J connectivity index is 2.99. The number of nitrogens with zero attached hydrogens (tertiary/aromatic N) is 1. The molecule has 226 valence electrons. The molecule has 0 saturated carbocycles. The Kier molecular flexibility index (Phi) is 15.8. The van der Waals surface area contributed by atoms with E-state index in [2.05, 4.69) is 26.6 Å². The number of pyridine rings is 1. The van der Waals surface area contributed by atoms with Crippen LogP contribution in [-0.2, 0) is 14.4 Å². The number of amides is 4. The predicted molar refractivity (Wildman–Crippen MR) is 152 cm³/mol. The molecule has 1 rings (SSSR count). The average Bonchev–Trinajstić information content (AvgIpc) is 2.91. The summed E-state index contributed by atoms with van der Waals surface area (Å²) in [6.07, 6.45) is 4.66. The van der Waals surface area contributed by atoms with E-state index in [1.165, 1.54) is 24.5 Å². The minimum atomic E-state index is -0.889. The third-order valence-electron chi connectivity index (χ3n) is 6.62. The molecule has 1 aromatic rings. The maximum Gasteiger partial charge on any atom is 0.252 e. The molecule has 40 heavy (non-hydrogen) atoms. The highest BCUT2D eigenvalue weighted by atomic mass is 16.5. The van der Waals surface area contributed by atoms with E-state index < -0.39 is 29.9 Å². The highest BCUT2D eigenvalue weighted by molar-refractivity contribution is 5.98. The fraction of sp³-hybridized carbons (Fsp3) is 0.679. The number of carbonyl (C=O) groups is 4. The molecule has 4 amide bonds. The van der Waals surface area contributed by atoms with Gasteiger partial charge in [-0.1, -0.05) is 47.5 Å². The van der Waals surface area contributed by atoms with E-state index in [-0.39, 0.29) is 48.4 Å². The maximum absolute atomic E-state index is 13.4. The molecule has 0 aliphatic carbocycles. The van der Waals surface area contributed by atoms with Crippen molar-refractivity contribution in [1.82, 2.24) is 26.6 Å². The lowest BCUT2D eigenvalue weighted by atomic mass is 9.97. The lowest BCUT2D eigenvalue weighted by Crippen LogP contribution is -2.58. The first-order valence-electron chi connectivity index (χ1n) is 14.2. The van der Waals surface area contributed by atoms with Gasteiger partial charge in [0.25, 0.3) is 5.91 Å². The molecule has 5 atom stereocenters. The zero-order valence-electron chi connectivity index (χ0n) is 24.7. The average molecular weight is 565 g/mol. The topological polar surface area (TPSA) is 176 Å². The van der Waals surface area contributed by atoms with E-state index in [0.717, 1.165) is 0 Å². The van der Waals surface area contributed by atoms with E-state index >= 15 is 0 Å². The Hall–Kier alpha value is -3.25. The Bertz CT molecular complexity index is 942. The molecular weight excluding hydrogens is 516 g/mol. The molecular formula is C28H48N6O6. The third kappa shape index (κ3) is 11.9. The number of hydrogen-bond donors (Lipinski definition) is 6. The summed E-state index contributed by atoms with van der Waals surface area (Å²) in [4.78, 5) is 51.7. The molecule has 0 unspecified atom stereocenters. The van der Waals surface area contributed by atoms with Crippen LogP contribution < -0.4 is 31.3 Å². The fourth-order valence-corrected chi connectivity index (χ4v) is 4.20. The van der Waals surface area contributed by atoms with E-state index in [9.17, 15) is 29.5 Å². The van der Waals surface area contributed by atoms with Gasteiger partial charge < -0.3 is 36.9 Å². The van der Waals surface area contributed by atoms with Gasteiger partial charge >= 0.3 is 0 Å². The van der Waals surface area contributed by atoms with Crippen LogP contribution in [-0.4, -0.2) is 72.6 Å². The molecule has 12 nitrogen and oxygen atoms in total. The van der Waals surface area contributed by atoms with Crippen molar-refractivity contribution in [2.45, 2.75) is 91.4 Å². The molecule has 0 aromatic carbocycles. The van der Waals surface area contributed by atoms with Gasteiger partial charge in [-0.05, 0) is 31.6 Å². The number of likely N-dealkylation sites (N-methyl/N-ethyl adjacent to an activating group) is 1. The van der Waals surface area contributed by atoms with Crippen molar-refractivity contribution < 1.29 is 29.0 Å². The highest BCUT2D eigenvalue weighted by Gasteiger charge is 2.31. The smallest absolute Gasteiger partial charge is 0.252 e. The number of nitrogens with one attached hydrogen (secondary N) is 5. The summed E-state index contributed by atoms with van der Waals surface area (Å²) in [6, 6.07) is -0.127. The van der Waals surface area contributed by atoms with Crippen LogP contribution in [0, 0.1) is 17.0 Å². The summed E-state index contributed by atoms with van der Waals surface area (Å²) < 4.78 is 0.565. The van der Waals surface area contributed by atoms with Crippen LogP contribution in [0.4, 0.5) is 0 Å². The number of aliphatic hydroxyl groups is 1. The van der Waals surface area contributed by atoms with Crippen molar-refractivity contribution in [3.05, 3.63) is 35.3 Å². The number of carbonyl (C=O) groups excluding carboxylic acids is 4. The molecule has 0 aliphatic rings. The minimum Gasteiger partial charge on any atom is -0.619 e. The molecule has 0 radical (unpaired) electrons. The van der Waals surface area contributed by atoms with Crippen LogP contribution in [0.15, 0.2) is 24.5 Å². The van der Waals surface area contributed by atoms with Crippen LogP contribution >= 0.6 is 0 Å². The number of aromatic nitrogens is 1. The van der Waals surface area contributed by atoms with Crippen molar-refractivity contribution in [2.24, 2.45) is 11.8 Å². The highest BCUT2D eigenvalue weighted by Crippen LogP contribution is 2.11. The molecule has 0 fully saturated rings. The first-order chi connectivity index (χ1) is 19.0. The van der Waals surface area contributed by atoms with Crippen molar-refractivity contribution in [3.8, 4) is 0 Å². The van der Waals surface area contributed by atoms with E-state index in [0.29, 0.717) is 37.0 Å². The van der Waals surface area contributed by atoms with Crippen molar-refractivity contribution >= 4 is 23.6 Å². The Morgan fingerprint density at radius 1 is 0.925 bits per heavy atom. The van der Waals surface area contributed by atoms with Gasteiger partial charge in [-0.2, -0.15) is 4.73 Å². The van der Waals surface area contributed by atoms with Gasteiger partial charge in [0.1, 0.15) is 18.1 Å². The van der Waals surface area contributed by atoms with Crippen LogP contribution in [0.3, 0.4) is 0 Å². The van der Waals surface area contributed by atoms with Gasteiger partial charge in [-0.3, -0.25) is 19.2 Å². The standard InChI is InChI=1S/C28H48N6O6/c1-7-10-22(27(38)31-21(15-18(4)5)16-30-23(17-35)26(37)29-9-3)32-28(39)24(19(6)8-2)33-25(36)20-11-13-34(40)14-12-20/h11-14,18-19,21-24,30,35H,7-10,15-17H2,1-6H3,(H,29,37)(H,31,38)(H,32,39)(H,33,36)/t19-,21+,22+,23-,24+/m1/s1. The maximum atomic E-state index is 13.4. The van der Waals surface area contributed by atoms with Crippen molar-refractivity contribution in [3.63, 3.8) is 0 Å². The molecule has 0 bridgehead atoms. The second-order valence-electron chi connectivity index (χ2n) is 10.5. The summed E-state index contributed by atoms with van der Waals surface area (Å²) in [6.45, 7) is 11.8. The third-order valence-corrected chi connectivity index (χ3v) is 6.62. The quantitative estimate of drug-likeness (QED) is 0.110. The summed E-state index contributed by atoms with van der Waals surface area (Å²) in [5.74, 6) is -1.63. The Morgan fingerprint density at radius 2 is 1.57 bits per heavy atom. The SMILES string of the molecule is CCC[C@H](NC(=O)[C@@H](NC(=O)c1cc[n+]([O-])cc1)[C@H](C)CC)C(=O)N[C@H](CN[C@H](CO)C(=O)NCC)CC(C)C. The monoisotopic (exact) mass is 564 g/mol. The summed E-state index contributed by atoms with van der Waals surface area (Å²) in [5, 5.41) is 35.2. The number of rotatable bonds is 18. The number of hydrogen-bond acceptors (Lipinski definition) is 7. The summed E-state index contributed by atoms with van der Waals surface area (Å²) in [5.41, 5.74) is 0.244. The molecule has 1 aromatic heterocycles. The predicted octanol–water partition coefficient (Wildman–Crippen LogP) is 0.367. The Labute approximate surface area is 237 Å². The molecule has 6 N–H and O–H groups in total. The minimum absolute atomic E-state index is 0.218. The lowest BCUT2D eigenvalue weighted by Gasteiger charge is -2.28. The summed E-state index contributed by atoms with van der Waals surface area (Å²) >= 11 is 0. The van der Waals surface area contributed by atoms with Gasteiger partial charge in [-0.25, -0.2) is 0 Å². The van der Waals surface area contributed by atoms with E-state index in [1.54, 1.807) is 6.92 Å². The largest absolute Gasteiger partial charge is 0.619 e. The first kappa shape index (κ1) is 34.8. The van der Waals surface area contributed by atoms with Crippen molar-refractivity contribution in [1.29, 1.82) is 0 Å². The van der Waals surface area contributed by atoms with Gasteiger partial charge in [0.05, 0.1) is 12.2 Å².